The number of carbonyl (C=O) groups excluding carboxylic acids is 1. The van der Waals surface area contributed by atoms with E-state index < -0.39 is 0 Å². The fourth-order valence-corrected chi connectivity index (χ4v) is 1.83. The van der Waals surface area contributed by atoms with Gasteiger partial charge in [0.05, 0.1) is 0 Å². The number of ether oxygens (including phenoxy) is 1. The highest BCUT2D eigenvalue weighted by Crippen LogP contribution is 2.21. The molecule has 0 aromatic carbocycles. The molecule has 1 aromatic heterocycles. The van der Waals surface area contributed by atoms with Gasteiger partial charge in [-0.3, -0.25) is 4.79 Å². The van der Waals surface area contributed by atoms with Gasteiger partial charge in [-0.1, -0.05) is 0 Å². The smallest absolute Gasteiger partial charge is 0.302 e. The van der Waals surface area contributed by atoms with Crippen LogP contribution in [0.15, 0.2) is 5.38 Å². The van der Waals surface area contributed by atoms with Crippen molar-refractivity contribution in [3.63, 3.8) is 0 Å². The molecule has 1 heterocycles. The lowest BCUT2D eigenvalue weighted by Crippen LogP contribution is -1.98. The molecule has 1 aromatic rings. The van der Waals surface area contributed by atoms with E-state index in [1.54, 1.807) is 11.3 Å². The highest BCUT2D eigenvalue weighted by Gasteiger charge is 2.04. The van der Waals surface area contributed by atoms with E-state index in [1.165, 1.54) is 18.1 Å². The van der Waals surface area contributed by atoms with Gasteiger partial charge in [0.15, 0.2) is 0 Å². The van der Waals surface area contributed by atoms with Crippen molar-refractivity contribution < 1.29 is 9.53 Å². The van der Waals surface area contributed by atoms with E-state index in [-0.39, 0.29) is 5.97 Å². The van der Waals surface area contributed by atoms with Crippen molar-refractivity contribution in [3.05, 3.63) is 21.4 Å². The monoisotopic (exact) mass is 184 g/mol. The molecule has 0 amide bonds. The van der Waals surface area contributed by atoms with Gasteiger partial charge < -0.3 is 4.74 Å². The van der Waals surface area contributed by atoms with E-state index in [2.05, 4.69) is 12.3 Å². The Morgan fingerprint density at radius 3 is 2.67 bits per heavy atom. The number of esters is 1. The first kappa shape index (κ1) is 9.26. The maximum Gasteiger partial charge on any atom is 0.302 e. The van der Waals surface area contributed by atoms with Gasteiger partial charge in [0.1, 0.15) is 6.61 Å². The molecule has 0 saturated carbocycles. The van der Waals surface area contributed by atoms with Crippen molar-refractivity contribution in [2.24, 2.45) is 0 Å². The molecule has 66 valence electrons. The molecular formula is C9H12O2S. The average molecular weight is 184 g/mol. The van der Waals surface area contributed by atoms with E-state index in [0.29, 0.717) is 6.61 Å². The zero-order valence-corrected chi connectivity index (χ0v) is 8.33. The molecule has 0 bridgehead atoms. The zero-order valence-electron chi connectivity index (χ0n) is 7.51. The third kappa shape index (κ3) is 2.08. The Morgan fingerprint density at radius 1 is 1.58 bits per heavy atom. The summed E-state index contributed by atoms with van der Waals surface area (Å²) in [5, 5.41) is 2.08. The Bertz CT molecular complexity index is 289. The molecule has 0 spiro atoms. The first-order chi connectivity index (χ1) is 5.61. The number of rotatable bonds is 2. The van der Waals surface area contributed by atoms with E-state index >= 15 is 0 Å². The lowest BCUT2D eigenvalue weighted by molar-refractivity contribution is -0.142. The van der Waals surface area contributed by atoms with E-state index in [1.807, 2.05) is 6.92 Å². The summed E-state index contributed by atoms with van der Waals surface area (Å²) in [6, 6.07) is 0. The van der Waals surface area contributed by atoms with Gasteiger partial charge in [0.25, 0.3) is 0 Å². The van der Waals surface area contributed by atoms with Crippen LogP contribution < -0.4 is 0 Å². The normalized spacial score (nSPS) is 9.92. The molecule has 0 unspecified atom stereocenters. The van der Waals surface area contributed by atoms with Gasteiger partial charge in [0.2, 0.25) is 0 Å². The minimum absolute atomic E-state index is 0.222. The minimum Gasteiger partial charge on any atom is -0.460 e. The average Bonchev–Trinajstić information content (AvgIpc) is 2.30. The van der Waals surface area contributed by atoms with Crippen molar-refractivity contribution in [3.8, 4) is 0 Å². The van der Waals surface area contributed by atoms with Crippen LogP contribution in [0, 0.1) is 13.8 Å². The molecule has 0 radical (unpaired) electrons. The van der Waals surface area contributed by atoms with E-state index in [0.717, 1.165) is 4.88 Å². The van der Waals surface area contributed by atoms with Crippen LogP contribution in [0.4, 0.5) is 0 Å². The Labute approximate surface area is 76.2 Å². The standard InChI is InChI=1S/C9H12O2S/c1-6-5-12-9(7(6)2)4-11-8(3)10/h5H,4H2,1-3H3. The van der Waals surface area contributed by atoms with Crippen LogP contribution in [-0.4, -0.2) is 5.97 Å². The fourth-order valence-electron chi connectivity index (χ4n) is 0.866. The lowest BCUT2D eigenvalue weighted by atomic mass is 10.2. The van der Waals surface area contributed by atoms with Gasteiger partial charge >= 0.3 is 5.97 Å². The summed E-state index contributed by atoms with van der Waals surface area (Å²) in [7, 11) is 0. The lowest BCUT2D eigenvalue weighted by Gasteiger charge is -2.00. The zero-order chi connectivity index (χ0) is 9.14. The third-order valence-electron chi connectivity index (χ3n) is 1.79. The molecule has 1 rings (SSSR count). The van der Waals surface area contributed by atoms with Crippen LogP contribution in [0.3, 0.4) is 0 Å². The molecule has 0 N–H and O–H groups in total. The second-order valence-electron chi connectivity index (χ2n) is 2.75. The molecule has 0 aliphatic carbocycles. The summed E-state index contributed by atoms with van der Waals surface area (Å²) in [6.07, 6.45) is 0. The summed E-state index contributed by atoms with van der Waals surface area (Å²) >= 11 is 1.64. The number of hydrogen-bond donors (Lipinski definition) is 0. The van der Waals surface area contributed by atoms with Crippen molar-refractivity contribution in [2.75, 3.05) is 0 Å². The quantitative estimate of drug-likeness (QED) is 0.660. The van der Waals surface area contributed by atoms with Crippen molar-refractivity contribution in [2.45, 2.75) is 27.4 Å². The first-order valence-corrected chi connectivity index (χ1v) is 4.66. The second kappa shape index (κ2) is 3.72. The molecular weight excluding hydrogens is 172 g/mol. The van der Waals surface area contributed by atoms with Crippen molar-refractivity contribution in [1.29, 1.82) is 0 Å². The first-order valence-electron chi connectivity index (χ1n) is 3.78. The molecule has 0 saturated heterocycles. The van der Waals surface area contributed by atoms with Gasteiger partial charge in [-0.25, -0.2) is 0 Å². The summed E-state index contributed by atoms with van der Waals surface area (Å²) in [5.74, 6) is -0.222. The highest BCUT2D eigenvalue weighted by molar-refractivity contribution is 7.10. The van der Waals surface area contributed by atoms with Crippen LogP contribution in [0.25, 0.3) is 0 Å². The SMILES string of the molecule is CC(=O)OCc1scc(C)c1C. The largest absolute Gasteiger partial charge is 0.460 e. The van der Waals surface area contributed by atoms with Gasteiger partial charge in [-0.15, -0.1) is 11.3 Å². The number of aryl methyl sites for hydroxylation is 1. The Morgan fingerprint density at radius 2 is 2.25 bits per heavy atom. The predicted octanol–water partition coefficient (Wildman–Crippen LogP) is 2.43. The number of carbonyl (C=O) groups is 1. The highest BCUT2D eigenvalue weighted by atomic mass is 32.1. The van der Waals surface area contributed by atoms with Crippen LogP contribution in [0.5, 0.6) is 0 Å². The Kier molecular flexibility index (Phi) is 2.87. The second-order valence-corrected chi connectivity index (χ2v) is 3.71. The minimum atomic E-state index is -0.222. The van der Waals surface area contributed by atoms with Crippen molar-refractivity contribution >= 4 is 17.3 Å². The molecule has 12 heavy (non-hydrogen) atoms. The van der Waals surface area contributed by atoms with Crippen LogP contribution in [-0.2, 0) is 16.1 Å². The van der Waals surface area contributed by atoms with Crippen LogP contribution in [0.1, 0.15) is 22.9 Å². The predicted molar refractivity (Wildman–Crippen MR) is 49.3 cm³/mol. The van der Waals surface area contributed by atoms with E-state index in [4.69, 9.17) is 4.74 Å². The molecule has 0 aliphatic rings. The summed E-state index contributed by atoms with van der Waals surface area (Å²) < 4.78 is 4.89. The molecule has 0 fully saturated rings. The Balaban J connectivity index is 2.63. The number of hydrogen-bond acceptors (Lipinski definition) is 3. The molecule has 3 heteroatoms. The summed E-state index contributed by atoms with van der Waals surface area (Å²) in [6.45, 7) is 5.95. The molecule has 0 aliphatic heterocycles. The van der Waals surface area contributed by atoms with Gasteiger partial charge in [-0.05, 0) is 30.4 Å². The van der Waals surface area contributed by atoms with Gasteiger partial charge in [0, 0.05) is 11.8 Å². The number of thiophene rings is 1. The third-order valence-corrected chi connectivity index (χ3v) is 2.97. The maximum atomic E-state index is 10.5. The van der Waals surface area contributed by atoms with Crippen molar-refractivity contribution in [1.82, 2.24) is 0 Å². The van der Waals surface area contributed by atoms with E-state index in [9.17, 15) is 4.79 Å². The molecule has 2 nitrogen and oxygen atoms in total. The van der Waals surface area contributed by atoms with Crippen LogP contribution >= 0.6 is 11.3 Å². The fraction of sp³-hybridized carbons (Fsp3) is 0.444. The summed E-state index contributed by atoms with van der Waals surface area (Å²) in [5.41, 5.74) is 2.50. The summed E-state index contributed by atoms with van der Waals surface area (Å²) in [4.78, 5) is 11.7. The van der Waals surface area contributed by atoms with Crippen LogP contribution in [0.2, 0.25) is 0 Å². The molecule has 0 atom stereocenters. The Hall–Kier alpha value is -0.830. The maximum absolute atomic E-state index is 10.5. The topological polar surface area (TPSA) is 26.3 Å². The van der Waals surface area contributed by atoms with Gasteiger partial charge in [-0.2, -0.15) is 0 Å².